The Balaban J connectivity index is 4.34. The van der Waals surface area contributed by atoms with Gasteiger partial charge in [0.05, 0.1) is 0 Å². The van der Waals surface area contributed by atoms with Crippen molar-refractivity contribution in [3.05, 3.63) is 0 Å². The Labute approximate surface area is 323 Å². The highest BCUT2D eigenvalue weighted by Crippen LogP contribution is 2.17. The summed E-state index contributed by atoms with van der Waals surface area (Å²) in [6, 6.07) is 0. The van der Waals surface area contributed by atoms with Crippen LogP contribution in [0.2, 0.25) is 0 Å². The molecule has 6 heteroatoms. The molecule has 0 aliphatic heterocycles. The van der Waals surface area contributed by atoms with Gasteiger partial charge >= 0.3 is 17.9 Å². The van der Waals surface area contributed by atoms with Gasteiger partial charge in [0.25, 0.3) is 0 Å². The zero-order valence-corrected chi connectivity index (χ0v) is 35.6. The number of hydrogen-bond donors (Lipinski definition) is 0. The normalized spacial score (nSPS) is 12.7. The lowest BCUT2D eigenvalue weighted by Gasteiger charge is -2.18. The predicted molar refractivity (Wildman–Crippen MR) is 219 cm³/mol. The van der Waals surface area contributed by atoms with Crippen LogP contribution in [0.5, 0.6) is 0 Å². The highest BCUT2D eigenvalue weighted by molar-refractivity contribution is 5.71. The fraction of sp³-hybridized carbons (Fsp3) is 0.935. The lowest BCUT2D eigenvalue weighted by atomic mass is 9.99. The Morgan fingerprint density at radius 2 is 0.673 bits per heavy atom. The first kappa shape index (κ1) is 50.4. The standard InChI is InChI=1S/C46H88O6/c1-7-42(6)34-28-22-15-12-13-17-25-31-37-46(49)52-43(39-51-45(48)36-30-24-19-18-21-27-33-41(4)5)38-50-44(47)35-29-23-16-11-9-8-10-14-20-26-32-40(2)3/h40-43H,7-39H2,1-6H3/t42?,43-/m1/s1. The predicted octanol–water partition coefficient (Wildman–Crippen LogP) is 14.0. The van der Waals surface area contributed by atoms with Crippen molar-refractivity contribution in [3.8, 4) is 0 Å². The number of rotatable bonds is 39. The van der Waals surface area contributed by atoms with Crippen LogP contribution in [0, 0.1) is 17.8 Å². The van der Waals surface area contributed by atoms with Gasteiger partial charge in [-0.25, -0.2) is 0 Å². The van der Waals surface area contributed by atoms with Crippen LogP contribution in [-0.4, -0.2) is 37.2 Å². The fourth-order valence-corrected chi connectivity index (χ4v) is 6.67. The Hall–Kier alpha value is -1.59. The van der Waals surface area contributed by atoms with Crippen molar-refractivity contribution in [3.63, 3.8) is 0 Å². The molecule has 2 atom stereocenters. The van der Waals surface area contributed by atoms with Crippen LogP contribution < -0.4 is 0 Å². The van der Waals surface area contributed by atoms with Crippen LogP contribution in [0.3, 0.4) is 0 Å². The first-order valence-electron chi connectivity index (χ1n) is 22.6. The molecule has 0 aromatic heterocycles. The Morgan fingerprint density at radius 3 is 1.00 bits per heavy atom. The molecular weight excluding hydrogens is 648 g/mol. The second-order valence-electron chi connectivity index (χ2n) is 16.9. The Bertz CT molecular complexity index is 809. The van der Waals surface area contributed by atoms with Gasteiger partial charge < -0.3 is 14.2 Å². The molecule has 1 unspecified atom stereocenters. The fourth-order valence-electron chi connectivity index (χ4n) is 6.67. The van der Waals surface area contributed by atoms with E-state index in [1.54, 1.807) is 0 Å². The highest BCUT2D eigenvalue weighted by Gasteiger charge is 2.19. The zero-order chi connectivity index (χ0) is 38.5. The van der Waals surface area contributed by atoms with Crippen LogP contribution in [-0.2, 0) is 28.6 Å². The SMILES string of the molecule is CCC(C)CCCCCCCCCCC(=O)O[C@H](COC(=O)CCCCCCCCCCCCC(C)C)COC(=O)CCCCCCCCC(C)C. The monoisotopic (exact) mass is 737 g/mol. The molecule has 0 aromatic carbocycles. The smallest absolute Gasteiger partial charge is 0.306 e. The molecule has 0 amide bonds. The van der Waals surface area contributed by atoms with E-state index in [1.807, 2.05) is 0 Å². The summed E-state index contributed by atoms with van der Waals surface area (Å²) in [5.41, 5.74) is 0. The van der Waals surface area contributed by atoms with Gasteiger partial charge in [-0.05, 0) is 37.0 Å². The van der Waals surface area contributed by atoms with E-state index in [0.717, 1.165) is 75.5 Å². The van der Waals surface area contributed by atoms with Crippen LogP contribution in [0.1, 0.15) is 241 Å². The van der Waals surface area contributed by atoms with Gasteiger partial charge in [-0.2, -0.15) is 0 Å². The summed E-state index contributed by atoms with van der Waals surface area (Å²) in [4.78, 5) is 37.7. The molecule has 0 aromatic rings. The number of carbonyl (C=O) groups excluding carboxylic acids is 3. The molecule has 308 valence electrons. The third-order valence-corrected chi connectivity index (χ3v) is 10.5. The molecule has 0 aliphatic carbocycles. The Kier molecular flexibility index (Phi) is 36.6. The molecule has 0 N–H and O–H groups in total. The van der Waals surface area contributed by atoms with Crippen molar-refractivity contribution in [2.45, 2.75) is 247 Å². The van der Waals surface area contributed by atoms with Crippen molar-refractivity contribution < 1.29 is 28.6 Å². The van der Waals surface area contributed by atoms with Gasteiger partial charge in [-0.1, -0.05) is 202 Å². The van der Waals surface area contributed by atoms with E-state index in [9.17, 15) is 14.4 Å². The maximum absolute atomic E-state index is 12.7. The Morgan fingerprint density at radius 1 is 0.385 bits per heavy atom. The van der Waals surface area contributed by atoms with Gasteiger partial charge in [0, 0.05) is 19.3 Å². The molecule has 0 saturated carbocycles. The summed E-state index contributed by atoms with van der Waals surface area (Å²) in [5, 5.41) is 0. The van der Waals surface area contributed by atoms with E-state index in [0.29, 0.717) is 19.3 Å². The third-order valence-electron chi connectivity index (χ3n) is 10.5. The topological polar surface area (TPSA) is 78.9 Å². The molecule has 6 nitrogen and oxygen atoms in total. The minimum atomic E-state index is -0.762. The number of hydrogen-bond acceptors (Lipinski definition) is 6. The molecule has 52 heavy (non-hydrogen) atoms. The van der Waals surface area contributed by atoms with E-state index in [4.69, 9.17) is 14.2 Å². The molecule has 0 rings (SSSR count). The molecule has 0 spiro atoms. The number of esters is 3. The summed E-state index contributed by atoms with van der Waals surface area (Å²) in [5.74, 6) is 1.56. The number of ether oxygens (including phenoxy) is 3. The summed E-state index contributed by atoms with van der Waals surface area (Å²) in [7, 11) is 0. The third kappa shape index (κ3) is 38.1. The van der Waals surface area contributed by atoms with Crippen LogP contribution in [0.15, 0.2) is 0 Å². The molecule has 0 heterocycles. The highest BCUT2D eigenvalue weighted by atomic mass is 16.6. The molecular formula is C46H88O6. The van der Waals surface area contributed by atoms with Gasteiger partial charge in [0.1, 0.15) is 13.2 Å². The lowest BCUT2D eigenvalue weighted by Crippen LogP contribution is -2.30. The van der Waals surface area contributed by atoms with E-state index < -0.39 is 6.10 Å². The van der Waals surface area contributed by atoms with Crippen LogP contribution in [0.4, 0.5) is 0 Å². The van der Waals surface area contributed by atoms with Gasteiger partial charge in [-0.15, -0.1) is 0 Å². The quantitative estimate of drug-likeness (QED) is 0.0355. The lowest BCUT2D eigenvalue weighted by molar-refractivity contribution is -0.167. The molecule has 0 aliphatic rings. The first-order chi connectivity index (χ1) is 25.1. The largest absolute Gasteiger partial charge is 0.462 e. The second kappa shape index (κ2) is 37.7. The van der Waals surface area contributed by atoms with Crippen molar-refractivity contribution >= 4 is 17.9 Å². The van der Waals surface area contributed by atoms with Gasteiger partial charge in [0.2, 0.25) is 0 Å². The summed E-state index contributed by atoms with van der Waals surface area (Å²) in [6.07, 6.45) is 33.8. The van der Waals surface area contributed by atoms with Gasteiger partial charge in [-0.3, -0.25) is 14.4 Å². The molecule has 0 bridgehead atoms. The second-order valence-corrected chi connectivity index (χ2v) is 16.9. The minimum absolute atomic E-state index is 0.0670. The van der Waals surface area contributed by atoms with E-state index in [-0.39, 0.29) is 31.1 Å². The van der Waals surface area contributed by atoms with Crippen molar-refractivity contribution in [1.29, 1.82) is 0 Å². The van der Waals surface area contributed by atoms with Gasteiger partial charge in [0.15, 0.2) is 6.10 Å². The average molecular weight is 737 g/mol. The molecule has 0 saturated heterocycles. The summed E-state index contributed by atoms with van der Waals surface area (Å²) >= 11 is 0. The molecule has 0 fully saturated rings. The van der Waals surface area contributed by atoms with E-state index in [2.05, 4.69) is 41.5 Å². The summed E-state index contributed by atoms with van der Waals surface area (Å²) < 4.78 is 16.7. The molecule has 0 radical (unpaired) electrons. The van der Waals surface area contributed by atoms with Crippen molar-refractivity contribution in [1.82, 2.24) is 0 Å². The number of unbranched alkanes of at least 4 members (excludes halogenated alkanes) is 21. The van der Waals surface area contributed by atoms with E-state index in [1.165, 1.54) is 122 Å². The van der Waals surface area contributed by atoms with Crippen molar-refractivity contribution in [2.75, 3.05) is 13.2 Å². The van der Waals surface area contributed by atoms with Crippen LogP contribution in [0.25, 0.3) is 0 Å². The zero-order valence-electron chi connectivity index (χ0n) is 35.6. The first-order valence-corrected chi connectivity index (χ1v) is 22.6. The minimum Gasteiger partial charge on any atom is -0.462 e. The van der Waals surface area contributed by atoms with Crippen LogP contribution >= 0.6 is 0 Å². The van der Waals surface area contributed by atoms with E-state index >= 15 is 0 Å². The number of carbonyl (C=O) groups is 3. The maximum Gasteiger partial charge on any atom is 0.306 e. The van der Waals surface area contributed by atoms with Crippen molar-refractivity contribution in [2.24, 2.45) is 17.8 Å². The maximum atomic E-state index is 12.7. The average Bonchev–Trinajstić information content (AvgIpc) is 3.11. The summed E-state index contributed by atoms with van der Waals surface area (Å²) in [6.45, 7) is 13.6.